The molecule has 136 valence electrons. The van der Waals surface area contributed by atoms with E-state index in [-0.39, 0.29) is 5.91 Å². The third-order valence-electron chi connectivity index (χ3n) is 4.31. The molecule has 2 aromatic carbocycles. The van der Waals surface area contributed by atoms with Gasteiger partial charge in [0.25, 0.3) is 0 Å². The first-order valence-corrected chi connectivity index (χ1v) is 8.78. The number of carbonyl (C=O) groups is 2. The molecule has 0 bridgehead atoms. The molecule has 0 aromatic heterocycles. The van der Waals surface area contributed by atoms with Gasteiger partial charge in [-0.1, -0.05) is 30.3 Å². The van der Waals surface area contributed by atoms with E-state index in [0.717, 1.165) is 17.7 Å². The van der Waals surface area contributed by atoms with Gasteiger partial charge in [0.15, 0.2) is 0 Å². The maximum Gasteiger partial charge on any atom is 0.319 e. The van der Waals surface area contributed by atoms with Crippen molar-refractivity contribution in [2.45, 2.75) is 26.3 Å². The molecule has 3 rings (SSSR count). The summed E-state index contributed by atoms with van der Waals surface area (Å²) in [4.78, 5) is 26.8. The molecule has 0 fully saturated rings. The third-order valence-corrected chi connectivity index (χ3v) is 4.31. The number of nitrogens with one attached hydrogen (secondary N) is 2. The fourth-order valence-corrected chi connectivity index (χ4v) is 3.07. The molecule has 0 saturated carbocycles. The van der Waals surface area contributed by atoms with Gasteiger partial charge < -0.3 is 20.3 Å². The number of hydrogen-bond acceptors (Lipinski definition) is 3. The molecule has 0 radical (unpaired) electrons. The Hall–Kier alpha value is -3.02. The summed E-state index contributed by atoms with van der Waals surface area (Å²) in [6, 6.07) is 14.0. The van der Waals surface area contributed by atoms with E-state index in [1.54, 1.807) is 24.0 Å². The van der Waals surface area contributed by atoms with Crippen molar-refractivity contribution in [3.8, 4) is 5.75 Å². The van der Waals surface area contributed by atoms with Crippen LogP contribution >= 0.6 is 0 Å². The second-order valence-corrected chi connectivity index (χ2v) is 6.12. The van der Waals surface area contributed by atoms with Crippen LogP contribution < -0.4 is 20.3 Å². The van der Waals surface area contributed by atoms with Crippen LogP contribution in [0, 0.1) is 0 Å². The lowest BCUT2D eigenvalue weighted by molar-refractivity contribution is -0.119. The number of hydrogen-bond donors (Lipinski definition) is 2. The highest BCUT2D eigenvalue weighted by Gasteiger charge is 2.28. The lowest BCUT2D eigenvalue weighted by atomic mass is 10.2. The molecular formula is C20H23N3O3. The van der Waals surface area contributed by atoms with E-state index >= 15 is 0 Å². The van der Waals surface area contributed by atoms with Gasteiger partial charge in [0.05, 0.1) is 12.3 Å². The quantitative estimate of drug-likeness (QED) is 0.867. The Morgan fingerprint density at radius 1 is 1.15 bits per heavy atom. The number of carbonyl (C=O) groups excluding carboxylic acids is 2. The third kappa shape index (κ3) is 3.79. The van der Waals surface area contributed by atoms with Gasteiger partial charge in [-0.2, -0.15) is 0 Å². The van der Waals surface area contributed by atoms with Gasteiger partial charge in [0.1, 0.15) is 11.8 Å². The van der Waals surface area contributed by atoms with E-state index in [4.69, 9.17) is 4.74 Å². The molecule has 2 aromatic rings. The zero-order valence-corrected chi connectivity index (χ0v) is 15.0. The Morgan fingerprint density at radius 2 is 1.88 bits per heavy atom. The Balaban J connectivity index is 1.62. The van der Waals surface area contributed by atoms with Crippen molar-refractivity contribution in [1.82, 2.24) is 5.32 Å². The fraction of sp³-hybridized carbons (Fsp3) is 0.300. The van der Waals surface area contributed by atoms with Gasteiger partial charge in [0, 0.05) is 12.2 Å². The van der Waals surface area contributed by atoms with Crippen molar-refractivity contribution in [1.29, 1.82) is 0 Å². The Labute approximate surface area is 153 Å². The molecule has 1 heterocycles. The molecule has 1 aliphatic heterocycles. The van der Waals surface area contributed by atoms with Gasteiger partial charge in [-0.15, -0.1) is 0 Å². The normalized spacial score (nSPS) is 13.7. The van der Waals surface area contributed by atoms with Crippen molar-refractivity contribution in [2.75, 3.05) is 23.4 Å². The summed E-state index contributed by atoms with van der Waals surface area (Å²) < 4.78 is 5.49. The van der Waals surface area contributed by atoms with Crippen LogP contribution in [0.2, 0.25) is 0 Å². The molecule has 0 saturated heterocycles. The number of ether oxygens (including phenoxy) is 1. The van der Waals surface area contributed by atoms with Crippen LogP contribution in [0.3, 0.4) is 0 Å². The average Bonchev–Trinajstić information content (AvgIpc) is 3.07. The molecule has 0 unspecified atom stereocenters. The summed E-state index contributed by atoms with van der Waals surface area (Å²) in [7, 11) is 0. The molecule has 3 amide bonds. The van der Waals surface area contributed by atoms with Crippen LogP contribution in [0.1, 0.15) is 19.4 Å². The molecular weight excluding hydrogens is 330 g/mol. The van der Waals surface area contributed by atoms with Crippen molar-refractivity contribution < 1.29 is 14.3 Å². The molecule has 1 atom stereocenters. The Morgan fingerprint density at radius 3 is 2.69 bits per heavy atom. The largest absolute Gasteiger partial charge is 0.492 e. The SMILES string of the molecule is CCOc1ccccc1NC(=O)N[C@@H](C)C(=O)N1CCc2ccccc21. The Bertz CT molecular complexity index is 806. The van der Waals surface area contributed by atoms with Crippen LogP contribution in [0.5, 0.6) is 5.75 Å². The minimum absolute atomic E-state index is 0.122. The number of urea groups is 1. The number of amides is 3. The summed E-state index contributed by atoms with van der Waals surface area (Å²) in [5.74, 6) is 0.473. The highest BCUT2D eigenvalue weighted by atomic mass is 16.5. The topological polar surface area (TPSA) is 70.7 Å². The van der Waals surface area contributed by atoms with Crippen molar-refractivity contribution >= 4 is 23.3 Å². The summed E-state index contributed by atoms with van der Waals surface area (Å²) in [6.45, 7) is 4.71. The number of anilines is 2. The zero-order chi connectivity index (χ0) is 18.5. The predicted molar refractivity (Wildman–Crippen MR) is 102 cm³/mol. The average molecular weight is 353 g/mol. The first kappa shape index (κ1) is 17.8. The summed E-state index contributed by atoms with van der Waals surface area (Å²) in [6.07, 6.45) is 0.836. The molecule has 2 N–H and O–H groups in total. The van der Waals surface area contributed by atoms with Gasteiger partial charge in [-0.25, -0.2) is 4.79 Å². The van der Waals surface area contributed by atoms with Crippen molar-refractivity contribution in [3.63, 3.8) is 0 Å². The maximum atomic E-state index is 12.7. The molecule has 1 aliphatic rings. The second kappa shape index (κ2) is 7.91. The summed E-state index contributed by atoms with van der Waals surface area (Å²) in [5.41, 5.74) is 2.65. The van der Waals surface area contributed by atoms with E-state index in [2.05, 4.69) is 10.6 Å². The number of benzene rings is 2. The van der Waals surface area contributed by atoms with Gasteiger partial charge >= 0.3 is 6.03 Å². The molecule has 0 spiro atoms. The maximum absolute atomic E-state index is 12.7. The van der Waals surface area contributed by atoms with E-state index in [0.29, 0.717) is 24.6 Å². The highest BCUT2D eigenvalue weighted by Crippen LogP contribution is 2.28. The van der Waals surface area contributed by atoms with Crippen molar-refractivity contribution in [3.05, 3.63) is 54.1 Å². The zero-order valence-electron chi connectivity index (χ0n) is 15.0. The molecule has 6 nitrogen and oxygen atoms in total. The van der Waals surface area contributed by atoms with Crippen LogP contribution in [-0.2, 0) is 11.2 Å². The number of para-hydroxylation sites is 3. The first-order valence-electron chi connectivity index (χ1n) is 8.78. The molecule has 0 aliphatic carbocycles. The van der Waals surface area contributed by atoms with Gasteiger partial charge in [-0.3, -0.25) is 4.79 Å². The van der Waals surface area contributed by atoms with Gasteiger partial charge in [-0.05, 0) is 44.0 Å². The molecule has 26 heavy (non-hydrogen) atoms. The highest BCUT2D eigenvalue weighted by molar-refractivity contribution is 6.02. The smallest absolute Gasteiger partial charge is 0.319 e. The van der Waals surface area contributed by atoms with Crippen LogP contribution in [0.15, 0.2) is 48.5 Å². The number of fused-ring (bicyclic) bond motifs is 1. The first-order chi connectivity index (χ1) is 12.6. The van der Waals surface area contributed by atoms with Crippen LogP contribution in [-0.4, -0.2) is 31.1 Å². The monoisotopic (exact) mass is 353 g/mol. The lowest BCUT2D eigenvalue weighted by Gasteiger charge is -2.22. The Kier molecular flexibility index (Phi) is 5.41. The predicted octanol–water partition coefficient (Wildman–Crippen LogP) is 3.18. The van der Waals surface area contributed by atoms with E-state index in [1.807, 2.05) is 43.3 Å². The van der Waals surface area contributed by atoms with Crippen LogP contribution in [0.4, 0.5) is 16.2 Å². The lowest BCUT2D eigenvalue weighted by Crippen LogP contribution is -2.47. The summed E-state index contributed by atoms with van der Waals surface area (Å²) >= 11 is 0. The number of rotatable bonds is 5. The van der Waals surface area contributed by atoms with Crippen molar-refractivity contribution in [2.24, 2.45) is 0 Å². The fourth-order valence-electron chi connectivity index (χ4n) is 3.07. The van der Waals surface area contributed by atoms with E-state index in [9.17, 15) is 9.59 Å². The molecule has 6 heteroatoms. The van der Waals surface area contributed by atoms with Crippen LogP contribution in [0.25, 0.3) is 0 Å². The minimum Gasteiger partial charge on any atom is -0.492 e. The van der Waals surface area contributed by atoms with E-state index < -0.39 is 12.1 Å². The van der Waals surface area contributed by atoms with E-state index in [1.165, 1.54) is 0 Å². The minimum atomic E-state index is -0.639. The summed E-state index contributed by atoms with van der Waals surface area (Å²) in [5, 5.41) is 5.45. The number of nitrogens with zero attached hydrogens (tertiary/aromatic N) is 1. The second-order valence-electron chi connectivity index (χ2n) is 6.12. The standard InChI is InChI=1S/C20H23N3O3/c1-3-26-18-11-7-5-9-16(18)22-20(25)21-14(2)19(24)23-13-12-15-8-4-6-10-17(15)23/h4-11,14H,3,12-13H2,1-2H3,(H2,21,22,25)/t14-/m0/s1. The van der Waals surface area contributed by atoms with Gasteiger partial charge in [0.2, 0.25) is 5.91 Å².